The quantitative estimate of drug-likeness (QED) is 0.533. The predicted molar refractivity (Wildman–Crippen MR) is 106 cm³/mol. The van der Waals surface area contributed by atoms with Gasteiger partial charge >= 0.3 is 0 Å². The van der Waals surface area contributed by atoms with E-state index in [1.54, 1.807) is 0 Å². The fourth-order valence-corrected chi connectivity index (χ4v) is 3.13. The second-order valence-corrected chi connectivity index (χ2v) is 7.44. The lowest BCUT2D eigenvalue weighted by atomic mass is 9.90. The summed E-state index contributed by atoms with van der Waals surface area (Å²) < 4.78 is 12.0. The fourth-order valence-electron chi connectivity index (χ4n) is 3.13. The minimum atomic E-state index is 0.480. The Morgan fingerprint density at radius 2 is 1.40 bits per heavy atom. The molecule has 2 nitrogen and oxygen atoms in total. The van der Waals surface area contributed by atoms with Gasteiger partial charge in [0.1, 0.15) is 17.2 Å². The Bertz CT molecular complexity index is 691. The van der Waals surface area contributed by atoms with Crippen molar-refractivity contribution in [1.29, 1.82) is 0 Å². The molecule has 0 aliphatic heterocycles. The van der Waals surface area contributed by atoms with Crippen LogP contribution in [0.15, 0.2) is 30.3 Å². The Morgan fingerprint density at radius 3 is 1.92 bits per heavy atom. The van der Waals surface area contributed by atoms with Crippen LogP contribution in [0.25, 0.3) is 0 Å². The summed E-state index contributed by atoms with van der Waals surface area (Å²) in [4.78, 5) is 0. The Morgan fingerprint density at radius 1 is 0.800 bits per heavy atom. The summed E-state index contributed by atoms with van der Waals surface area (Å²) in [7, 11) is 0. The van der Waals surface area contributed by atoms with Gasteiger partial charge in [-0.15, -0.1) is 0 Å². The Labute approximate surface area is 153 Å². The van der Waals surface area contributed by atoms with Crippen molar-refractivity contribution in [2.45, 2.75) is 66.7 Å². The molecule has 2 rings (SSSR count). The third-order valence-corrected chi connectivity index (χ3v) is 4.43. The maximum absolute atomic E-state index is 6.27. The molecule has 0 heterocycles. The van der Waals surface area contributed by atoms with Crippen molar-refractivity contribution in [1.82, 2.24) is 0 Å². The summed E-state index contributed by atoms with van der Waals surface area (Å²) in [5.41, 5.74) is 4.97. The van der Waals surface area contributed by atoms with Crippen molar-refractivity contribution < 1.29 is 9.47 Å². The lowest BCUT2D eigenvalue weighted by molar-refractivity contribution is 0.316. The third-order valence-electron chi connectivity index (χ3n) is 4.43. The molecule has 0 fully saturated rings. The van der Waals surface area contributed by atoms with Crippen molar-refractivity contribution in [2.75, 3.05) is 6.61 Å². The average molecular weight is 341 g/mol. The molecule has 0 unspecified atom stereocenters. The molecule has 2 heteroatoms. The minimum Gasteiger partial charge on any atom is -0.494 e. The standard InChI is InChI=1S/C23H32O2/c1-8-11-24-20-12-17(6)23(18(7)13-20)25-19-9-10-21(15(2)3)22(14-19)16(4)5/h9-10,12-16H,8,11H2,1-7H3. The van der Waals surface area contributed by atoms with Gasteiger partial charge in [-0.1, -0.05) is 40.7 Å². The Hall–Kier alpha value is -1.96. The molecule has 25 heavy (non-hydrogen) atoms. The number of hydrogen-bond acceptors (Lipinski definition) is 2. The van der Waals surface area contributed by atoms with Crippen molar-refractivity contribution in [3.05, 3.63) is 52.6 Å². The molecular weight excluding hydrogens is 308 g/mol. The first-order valence-corrected chi connectivity index (χ1v) is 9.39. The molecule has 0 aliphatic rings. The van der Waals surface area contributed by atoms with E-state index in [9.17, 15) is 0 Å². The second-order valence-electron chi connectivity index (χ2n) is 7.44. The Kier molecular flexibility index (Phi) is 6.52. The summed E-state index contributed by atoms with van der Waals surface area (Å²) in [6.07, 6.45) is 1.01. The second kappa shape index (κ2) is 8.42. The Balaban J connectivity index is 2.32. The number of hydrogen-bond donors (Lipinski definition) is 0. The van der Waals surface area contributed by atoms with E-state index in [-0.39, 0.29) is 0 Å². The van der Waals surface area contributed by atoms with E-state index in [2.05, 4.69) is 78.8 Å². The molecular formula is C23H32O2. The first kappa shape index (κ1) is 19.4. The van der Waals surface area contributed by atoms with Crippen LogP contribution < -0.4 is 9.47 Å². The van der Waals surface area contributed by atoms with Crippen LogP contribution in [-0.4, -0.2) is 6.61 Å². The lowest BCUT2D eigenvalue weighted by Crippen LogP contribution is -2.00. The number of benzene rings is 2. The van der Waals surface area contributed by atoms with Crippen LogP contribution in [0.2, 0.25) is 0 Å². The van der Waals surface area contributed by atoms with Gasteiger partial charge in [0.2, 0.25) is 0 Å². The van der Waals surface area contributed by atoms with Gasteiger partial charge in [-0.3, -0.25) is 0 Å². The summed E-state index contributed by atoms with van der Waals surface area (Å²) in [6, 6.07) is 10.6. The first-order chi connectivity index (χ1) is 11.8. The van der Waals surface area contributed by atoms with E-state index in [0.29, 0.717) is 11.8 Å². The average Bonchev–Trinajstić information content (AvgIpc) is 2.55. The van der Waals surface area contributed by atoms with Crippen LogP contribution in [0, 0.1) is 13.8 Å². The number of aryl methyl sites for hydroxylation is 2. The van der Waals surface area contributed by atoms with Gasteiger partial charge in [0, 0.05) is 0 Å². The molecule has 0 bridgehead atoms. The molecule has 0 aromatic heterocycles. The highest BCUT2D eigenvalue weighted by Crippen LogP contribution is 2.35. The largest absolute Gasteiger partial charge is 0.494 e. The van der Waals surface area contributed by atoms with Gasteiger partial charge in [-0.2, -0.15) is 0 Å². The smallest absolute Gasteiger partial charge is 0.133 e. The number of rotatable bonds is 7. The van der Waals surface area contributed by atoms with E-state index in [1.807, 2.05) is 0 Å². The van der Waals surface area contributed by atoms with Crippen molar-refractivity contribution in [3.63, 3.8) is 0 Å². The third kappa shape index (κ3) is 4.78. The highest BCUT2D eigenvalue weighted by Gasteiger charge is 2.13. The van der Waals surface area contributed by atoms with E-state index in [0.717, 1.165) is 41.4 Å². The molecule has 0 aliphatic carbocycles. The normalized spacial score (nSPS) is 11.2. The van der Waals surface area contributed by atoms with Crippen LogP contribution in [0.1, 0.15) is 75.1 Å². The van der Waals surface area contributed by atoms with Crippen LogP contribution >= 0.6 is 0 Å². The van der Waals surface area contributed by atoms with Crippen molar-refractivity contribution in [2.24, 2.45) is 0 Å². The van der Waals surface area contributed by atoms with Gasteiger partial charge < -0.3 is 9.47 Å². The predicted octanol–water partition coefficient (Wildman–Crippen LogP) is 7.13. The molecule has 0 saturated carbocycles. The van der Waals surface area contributed by atoms with Crippen molar-refractivity contribution in [3.8, 4) is 17.2 Å². The summed E-state index contributed by atoms with van der Waals surface area (Å²) in [5, 5.41) is 0. The molecule has 0 atom stereocenters. The molecule has 2 aromatic carbocycles. The molecule has 0 amide bonds. The first-order valence-electron chi connectivity index (χ1n) is 9.39. The molecule has 0 radical (unpaired) electrons. The molecule has 0 spiro atoms. The SMILES string of the molecule is CCCOc1cc(C)c(Oc2ccc(C(C)C)c(C(C)C)c2)c(C)c1. The van der Waals surface area contributed by atoms with Gasteiger partial charge in [-0.25, -0.2) is 0 Å². The maximum Gasteiger partial charge on any atom is 0.133 e. The monoisotopic (exact) mass is 340 g/mol. The van der Waals surface area contributed by atoms with Crippen LogP contribution in [0.5, 0.6) is 17.2 Å². The fraction of sp³-hybridized carbons (Fsp3) is 0.478. The molecule has 0 N–H and O–H groups in total. The zero-order valence-corrected chi connectivity index (χ0v) is 16.8. The summed E-state index contributed by atoms with van der Waals surface area (Å²) >= 11 is 0. The maximum atomic E-state index is 6.27. The molecule has 136 valence electrons. The van der Waals surface area contributed by atoms with E-state index < -0.39 is 0 Å². The molecule has 2 aromatic rings. The van der Waals surface area contributed by atoms with Gasteiger partial charge in [-0.05, 0) is 78.6 Å². The highest BCUT2D eigenvalue weighted by molar-refractivity contribution is 5.49. The van der Waals surface area contributed by atoms with E-state index in [4.69, 9.17) is 9.47 Å². The van der Waals surface area contributed by atoms with E-state index in [1.165, 1.54) is 11.1 Å². The molecule has 0 saturated heterocycles. The highest BCUT2D eigenvalue weighted by atomic mass is 16.5. The van der Waals surface area contributed by atoms with Gasteiger partial charge in [0.15, 0.2) is 0 Å². The number of ether oxygens (including phenoxy) is 2. The van der Waals surface area contributed by atoms with E-state index >= 15 is 0 Å². The van der Waals surface area contributed by atoms with Gasteiger partial charge in [0.05, 0.1) is 6.61 Å². The zero-order valence-electron chi connectivity index (χ0n) is 16.8. The van der Waals surface area contributed by atoms with Crippen LogP contribution in [0.3, 0.4) is 0 Å². The van der Waals surface area contributed by atoms with Crippen LogP contribution in [-0.2, 0) is 0 Å². The summed E-state index contributed by atoms with van der Waals surface area (Å²) in [6.45, 7) is 16.0. The van der Waals surface area contributed by atoms with Crippen molar-refractivity contribution >= 4 is 0 Å². The zero-order chi connectivity index (χ0) is 18.6. The lowest BCUT2D eigenvalue weighted by Gasteiger charge is -2.19. The minimum absolute atomic E-state index is 0.480. The topological polar surface area (TPSA) is 18.5 Å². The van der Waals surface area contributed by atoms with Gasteiger partial charge in [0.25, 0.3) is 0 Å². The summed E-state index contributed by atoms with van der Waals surface area (Å²) in [5.74, 6) is 3.75. The van der Waals surface area contributed by atoms with Crippen LogP contribution in [0.4, 0.5) is 0 Å².